The van der Waals surface area contributed by atoms with Crippen LogP contribution in [0, 0.1) is 12.8 Å². The second kappa shape index (κ2) is 5.19. The van der Waals surface area contributed by atoms with Crippen molar-refractivity contribution >= 4 is 0 Å². The first-order valence-electron chi connectivity index (χ1n) is 6.52. The van der Waals surface area contributed by atoms with Crippen LogP contribution < -0.4 is 5.73 Å². The first kappa shape index (κ1) is 12.6. The molecule has 1 aromatic rings. The van der Waals surface area contributed by atoms with Gasteiger partial charge in [-0.2, -0.15) is 0 Å². The predicted molar refractivity (Wildman–Crippen MR) is 70.9 cm³/mol. The molecule has 0 saturated carbocycles. The predicted octanol–water partition coefficient (Wildman–Crippen LogP) is 2.99. The molecule has 2 nitrogen and oxygen atoms in total. The van der Waals surface area contributed by atoms with Crippen molar-refractivity contribution < 1.29 is 4.74 Å². The van der Waals surface area contributed by atoms with Gasteiger partial charge in [0.15, 0.2) is 0 Å². The molecule has 1 atom stereocenters. The van der Waals surface area contributed by atoms with Gasteiger partial charge in [-0.25, -0.2) is 0 Å². The Morgan fingerprint density at radius 3 is 2.71 bits per heavy atom. The molecule has 94 valence electrons. The second-order valence-corrected chi connectivity index (χ2v) is 5.55. The van der Waals surface area contributed by atoms with E-state index in [-0.39, 0.29) is 5.54 Å². The van der Waals surface area contributed by atoms with Gasteiger partial charge in [0.05, 0.1) is 0 Å². The molecule has 1 aromatic carbocycles. The highest BCUT2D eigenvalue weighted by atomic mass is 16.5. The third kappa shape index (κ3) is 3.30. The molecule has 1 aliphatic rings. The summed E-state index contributed by atoms with van der Waals surface area (Å²) in [6, 6.07) is 8.57. The van der Waals surface area contributed by atoms with Crippen molar-refractivity contribution in [3.05, 3.63) is 35.4 Å². The third-order valence-corrected chi connectivity index (χ3v) is 3.73. The molecule has 1 heterocycles. The Bertz CT molecular complexity index is 367. The highest BCUT2D eigenvalue weighted by molar-refractivity contribution is 5.28. The van der Waals surface area contributed by atoms with Gasteiger partial charge in [-0.05, 0) is 44.6 Å². The minimum atomic E-state index is -0.214. The average molecular weight is 233 g/mol. The molecule has 0 spiro atoms. The van der Waals surface area contributed by atoms with E-state index in [0.29, 0.717) is 5.92 Å². The Morgan fingerprint density at radius 2 is 2.06 bits per heavy atom. The van der Waals surface area contributed by atoms with E-state index < -0.39 is 0 Å². The van der Waals surface area contributed by atoms with Crippen LogP contribution >= 0.6 is 0 Å². The number of hydrogen-bond donors (Lipinski definition) is 1. The molecule has 1 saturated heterocycles. The van der Waals surface area contributed by atoms with Crippen molar-refractivity contribution in [3.63, 3.8) is 0 Å². The summed E-state index contributed by atoms with van der Waals surface area (Å²) in [5.41, 5.74) is 8.82. The second-order valence-electron chi connectivity index (χ2n) is 5.55. The van der Waals surface area contributed by atoms with E-state index in [1.807, 2.05) is 0 Å². The largest absolute Gasteiger partial charge is 0.381 e. The molecule has 0 aromatic heterocycles. The topological polar surface area (TPSA) is 35.2 Å². The van der Waals surface area contributed by atoms with Crippen LogP contribution in [0.1, 0.15) is 37.3 Å². The van der Waals surface area contributed by atoms with Gasteiger partial charge in [0.25, 0.3) is 0 Å². The van der Waals surface area contributed by atoms with Crippen LogP contribution in [-0.4, -0.2) is 13.2 Å². The standard InChI is InChI=1S/C15H23NO/c1-12-4-3-5-14(10-12)15(2,16)11-13-6-8-17-9-7-13/h3-5,10,13H,6-9,11,16H2,1-2H3. The van der Waals surface area contributed by atoms with Crippen LogP contribution in [-0.2, 0) is 10.3 Å². The maximum absolute atomic E-state index is 6.50. The molecule has 1 unspecified atom stereocenters. The van der Waals surface area contributed by atoms with Crippen LogP contribution in [0.15, 0.2) is 24.3 Å². The van der Waals surface area contributed by atoms with Gasteiger partial charge in [0.2, 0.25) is 0 Å². The van der Waals surface area contributed by atoms with E-state index >= 15 is 0 Å². The SMILES string of the molecule is Cc1cccc(C(C)(N)CC2CCOCC2)c1. The van der Waals surface area contributed by atoms with Gasteiger partial charge < -0.3 is 10.5 Å². The van der Waals surface area contributed by atoms with Gasteiger partial charge in [0, 0.05) is 18.8 Å². The highest BCUT2D eigenvalue weighted by Crippen LogP contribution is 2.30. The smallest absolute Gasteiger partial charge is 0.0468 e. The summed E-state index contributed by atoms with van der Waals surface area (Å²) in [7, 11) is 0. The fourth-order valence-electron chi connectivity index (χ4n) is 2.67. The first-order valence-corrected chi connectivity index (χ1v) is 6.52. The lowest BCUT2D eigenvalue weighted by Gasteiger charge is -2.32. The Hall–Kier alpha value is -0.860. The summed E-state index contributed by atoms with van der Waals surface area (Å²) in [5, 5.41) is 0. The quantitative estimate of drug-likeness (QED) is 0.871. The van der Waals surface area contributed by atoms with E-state index in [2.05, 4.69) is 38.1 Å². The Kier molecular flexibility index (Phi) is 3.85. The van der Waals surface area contributed by atoms with Crippen molar-refractivity contribution in [3.8, 4) is 0 Å². The summed E-state index contributed by atoms with van der Waals surface area (Å²) >= 11 is 0. The molecule has 0 radical (unpaired) electrons. The average Bonchev–Trinajstić information content (AvgIpc) is 2.30. The number of ether oxygens (including phenoxy) is 1. The highest BCUT2D eigenvalue weighted by Gasteiger charge is 2.27. The molecular formula is C15H23NO. The zero-order chi connectivity index (χ0) is 12.3. The Morgan fingerprint density at radius 1 is 1.35 bits per heavy atom. The van der Waals surface area contributed by atoms with Gasteiger partial charge in [-0.15, -0.1) is 0 Å². The Balaban J connectivity index is 2.06. The summed E-state index contributed by atoms with van der Waals surface area (Å²) in [6.07, 6.45) is 3.36. The lowest BCUT2D eigenvalue weighted by molar-refractivity contribution is 0.0570. The van der Waals surface area contributed by atoms with Crippen LogP contribution in [0.4, 0.5) is 0 Å². The molecule has 0 amide bonds. The molecule has 1 aliphatic heterocycles. The lowest BCUT2D eigenvalue weighted by Crippen LogP contribution is -2.36. The minimum Gasteiger partial charge on any atom is -0.381 e. The minimum absolute atomic E-state index is 0.214. The number of aryl methyl sites for hydroxylation is 1. The first-order chi connectivity index (χ1) is 8.08. The zero-order valence-electron chi connectivity index (χ0n) is 10.9. The molecule has 2 heteroatoms. The summed E-state index contributed by atoms with van der Waals surface area (Å²) in [6.45, 7) is 6.06. The van der Waals surface area contributed by atoms with Gasteiger partial charge in [-0.1, -0.05) is 29.8 Å². The van der Waals surface area contributed by atoms with Crippen molar-refractivity contribution in [1.29, 1.82) is 0 Å². The van der Waals surface area contributed by atoms with E-state index in [0.717, 1.165) is 32.5 Å². The van der Waals surface area contributed by atoms with E-state index in [4.69, 9.17) is 10.5 Å². The summed E-state index contributed by atoms with van der Waals surface area (Å²) in [4.78, 5) is 0. The van der Waals surface area contributed by atoms with Crippen molar-refractivity contribution in [2.75, 3.05) is 13.2 Å². The molecular weight excluding hydrogens is 210 g/mol. The van der Waals surface area contributed by atoms with E-state index in [1.54, 1.807) is 0 Å². The molecule has 2 rings (SSSR count). The number of hydrogen-bond acceptors (Lipinski definition) is 2. The monoisotopic (exact) mass is 233 g/mol. The van der Waals surface area contributed by atoms with Gasteiger partial charge in [0.1, 0.15) is 0 Å². The van der Waals surface area contributed by atoms with E-state index in [1.165, 1.54) is 11.1 Å². The Labute approximate surface area is 104 Å². The fraction of sp³-hybridized carbons (Fsp3) is 0.600. The molecule has 17 heavy (non-hydrogen) atoms. The van der Waals surface area contributed by atoms with Gasteiger partial charge >= 0.3 is 0 Å². The molecule has 2 N–H and O–H groups in total. The van der Waals surface area contributed by atoms with Crippen molar-refractivity contribution in [2.24, 2.45) is 11.7 Å². The normalized spacial score (nSPS) is 21.1. The van der Waals surface area contributed by atoms with Crippen molar-refractivity contribution in [1.82, 2.24) is 0 Å². The number of benzene rings is 1. The number of rotatable bonds is 3. The molecule has 0 aliphatic carbocycles. The van der Waals surface area contributed by atoms with Crippen LogP contribution in [0.2, 0.25) is 0 Å². The lowest BCUT2D eigenvalue weighted by atomic mass is 9.80. The van der Waals surface area contributed by atoms with Crippen LogP contribution in [0.3, 0.4) is 0 Å². The maximum atomic E-state index is 6.50. The van der Waals surface area contributed by atoms with E-state index in [9.17, 15) is 0 Å². The van der Waals surface area contributed by atoms with Crippen molar-refractivity contribution in [2.45, 2.75) is 38.6 Å². The molecule has 1 fully saturated rings. The van der Waals surface area contributed by atoms with Crippen LogP contribution in [0.25, 0.3) is 0 Å². The molecule has 0 bridgehead atoms. The zero-order valence-corrected chi connectivity index (χ0v) is 10.9. The summed E-state index contributed by atoms with van der Waals surface area (Å²) in [5.74, 6) is 0.708. The summed E-state index contributed by atoms with van der Waals surface area (Å²) < 4.78 is 5.40. The van der Waals surface area contributed by atoms with Crippen LogP contribution in [0.5, 0.6) is 0 Å². The maximum Gasteiger partial charge on any atom is 0.0468 e. The van der Waals surface area contributed by atoms with Gasteiger partial charge in [-0.3, -0.25) is 0 Å². The third-order valence-electron chi connectivity index (χ3n) is 3.73. The fourth-order valence-corrected chi connectivity index (χ4v) is 2.67. The number of nitrogens with two attached hydrogens (primary N) is 1.